The van der Waals surface area contributed by atoms with E-state index in [1.807, 2.05) is 0 Å². The molecule has 15 heavy (non-hydrogen) atoms. The SMILES string of the molecule is O=C(C1CCC1)N1CCCC2(CNC2)C1. The van der Waals surface area contributed by atoms with Crippen molar-refractivity contribution < 1.29 is 4.79 Å². The van der Waals surface area contributed by atoms with Gasteiger partial charge in [-0.2, -0.15) is 0 Å². The van der Waals surface area contributed by atoms with E-state index in [1.54, 1.807) is 0 Å². The van der Waals surface area contributed by atoms with Gasteiger partial charge in [-0.15, -0.1) is 0 Å². The average molecular weight is 208 g/mol. The first kappa shape index (κ1) is 9.64. The number of piperidine rings is 1. The Kier molecular flexibility index (Phi) is 2.23. The summed E-state index contributed by atoms with van der Waals surface area (Å²) < 4.78 is 0. The Balaban J connectivity index is 1.63. The molecule has 2 aliphatic heterocycles. The van der Waals surface area contributed by atoms with Crippen molar-refractivity contribution in [3.63, 3.8) is 0 Å². The molecule has 0 radical (unpaired) electrons. The number of nitrogens with one attached hydrogen (secondary N) is 1. The van der Waals surface area contributed by atoms with Crippen LogP contribution in [0, 0.1) is 11.3 Å². The molecule has 2 heterocycles. The molecule has 1 N–H and O–H groups in total. The largest absolute Gasteiger partial charge is 0.342 e. The van der Waals surface area contributed by atoms with Gasteiger partial charge in [-0.05, 0) is 25.7 Å². The number of amides is 1. The van der Waals surface area contributed by atoms with Gasteiger partial charge in [0, 0.05) is 37.5 Å². The van der Waals surface area contributed by atoms with Crippen molar-refractivity contribution in [1.29, 1.82) is 0 Å². The molecule has 3 fully saturated rings. The molecule has 3 nitrogen and oxygen atoms in total. The quantitative estimate of drug-likeness (QED) is 0.697. The van der Waals surface area contributed by atoms with E-state index in [4.69, 9.17) is 0 Å². The first-order valence-corrected chi connectivity index (χ1v) is 6.29. The van der Waals surface area contributed by atoms with Gasteiger partial charge < -0.3 is 10.2 Å². The number of rotatable bonds is 1. The number of likely N-dealkylation sites (tertiary alicyclic amines) is 1. The molecule has 0 bridgehead atoms. The summed E-state index contributed by atoms with van der Waals surface area (Å²) in [5, 5.41) is 3.35. The zero-order valence-electron chi connectivity index (χ0n) is 9.30. The fraction of sp³-hybridized carbons (Fsp3) is 0.917. The van der Waals surface area contributed by atoms with E-state index in [0.717, 1.165) is 39.0 Å². The van der Waals surface area contributed by atoms with E-state index in [1.165, 1.54) is 19.3 Å². The van der Waals surface area contributed by atoms with E-state index < -0.39 is 0 Å². The molecular formula is C12H20N2O. The number of carbonyl (C=O) groups excluding carboxylic acids is 1. The topological polar surface area (TPSA) is 32.3 Å². The van der Waals surface area contributed by atoms with Crippen LogP contribution in [0.15, 0.2) is 0 Å². The van der Waals surface area contributed by atoms with Gasteiger partial charge in [0.15, 0.2) is 0 Å². The lowest BCUT2D eigenvalue weighted by molar-refractivity contribution is -0.142. The maximum atomic E-state index is 12.1. The van der Waals surface area contributed by atoms with E-state index in [0.29, 0.717) is 17.2 Å². The standard InChI is InChI=1S/C12H20N2O/c15-11(10-3-1-4-10)14-6-2-5-12(9-14)7-13-8-12/h10,13H,1-9H2. The van der Waals surface area contributed by atoms with Crippen LogP contribution in [-0.2, 0) is 4.79 Å². The van der Waals surface area contributed by atoms with Gasteiger partial charge in [-0.3, -0.25) is 4.79 Å². The third kappa shape index (κ3) is 1.57. The smallest absolute Gasteiger partial charge is 0.225 e. The zero-order valence-corrected chi connectivity index (χ0v) is 9.30. The fourth-order valence-electron chi connectivity index (χ4n) is 3.08. The third-order valence-corrected chi connectivity index (χ3v) is 4.43. The second-order valence-electron chi connectivity index (χ2n) is 5.59. The maximum absolute atomic E-state index is 12.1. The third-order valence-electron chi connectivity index (χ3n) is 4.43. The highest BCUT2D eigenvalue weighted by Gasteiger charge is 2.43. The maximum Gasteiger partial charge on any atom is 0.225 e. The normalized spacial score (nSPS) is 29.7. The Morgan fingerprint density at radius 3 is 2.60 bits per heavy atom. The molecule has 0 unspecified atom stereocenters. The van der Waals surface area contributed by atoms with Crippen molar-refractivity contribution in [3.05, 3.63) is 0 Å². The molecule has 3 aliphatic rings. The Labute approximate surface area is 91.2 Å². The second kappa shape index (κ2) is 3.48. The molecule has 1 spiro atoms. The van der Waals surface area contributed by atoms with Gasteiger partial charge in [-0.1, -0.05) is 6.42 Å². The Morgan fingerprint density at radius 1 is 1.27 bits per heavy atom. The number of carbonyl (C=O) groups is 1. The summed E-state index contributed by atoms with van der Waals surface area (Å²) in [6.45, 7) is 4.29. The lowest BCUT2D eigenvalue weighted by Gasteiger charge is -2.50. The minimum absolute atomic E-state index is 0.383. The fourth-order valence-corrected chi connectivity index (χ4v) is 3.08. The van der Waals surface area contributed by atoms with Crippen molar-refractivity contribution in [2.24, 2.45) is 11.3 Å². The van der Waals surface area contributed by atoms with Gasteiger partial charge in [0.2, 0.25) is 5.91 Å². The highest BCUT2D eigenvalue weighted by Crippen LogP contribution is 2.36. The van der Waals surface area contributed by atoms with Crippen LogP contribution in [0.25, 0.3) is 0 Å². The minimum Gasteiger partial charge on any atom is -0.342 e. The van der Waals surface area contributed by atoms with Crippen LogP contribution in [0.4, 0.5) is 0 Å². The van der Waals surface area contributed by atoms with Gasteiger partial charge in [0.05, 0.1) is 0 Å². The van der Waals surface area contributed by atoms with Crippen LogP contribution >= 0.6 is 0 Å². The predicted octanol–water partition coefficient (Wildman–Crippen LogP) is 0.998. The number of nitrogens with zero attached hydrogens (tertiary/aromatic N) is 1. The van der Waals surface area contributed by atoms with Crippen LogP contribution in [-0.4, -0.2) is 37.0 Å². The van der Waals surface area contributed by atoms with E-state index in [2.05, 4.69) is 10.2 Å². The van der Waals surface area contributed by atoms with Crippen LogP contribution in [0.2, 0.25) is 0 Å². The molecule has 1 aliphatic carbocycles. The van der Waals surface area contributed by atoms with Crippen molar-refractivity contribution in [1.82, 2.24) is 10.2 Å². The van der Waals surface area contributed by atoms with Gasteiger partial charge in [0.1, 0.15) is 0 Å². The Morgan fingerprint density at radius 2 is 2.07 bits per heavy atom. The van der Waals surface area contributed by atoms with Gasteiger partial charge in [0.25, 0.3) is 0 Å². The summed E-state index contributed by atoms with van der Waals surface area (Å²) in [4.78, 5) is 14.3. The lowest BCUT2D eigenvalue weighted by Crippen LogP contribution is -2.62. The summed E-state index contributed by atoms with van der Waals surface area (Å²) in [6.07, 6.45) is 6.06. The molecule has 3 heteroatoms. The van der Waals surface area contributed by atoms with Gasteiger partial charge in [-0.25, -0.2) is 0 Å². The van der Waals surface area contributed by atoms with Crippen LogP contribution < -0.4 is 5.32 Å². The number of hydrogen-bond donors (Lipinski definition) is 1. The van der Waals surface area contributed by atoms with E-state index >= 15 is 0 Å². The van der Waals surface area contributed by atoms with Crippen molar-refractivity contribution in [3.8, 4) is 0 Å². The van der Waals surface area contributed by atoms with Crippen LogP contribution in [0.5, 0.6) is 0 Å². The first-order chi connectivity index (χ1) is 7.29. The zero-order chi connectivity index (χ0) is 10.3. The minimum atomic E-state index is 0.383. The summed E-state index contributed by atoms with van der Waals surface area (Å²) in [6, 6.07) is 0. The van der Waals surface area contributed by atoms with Crippen LogP contribution in [0.1, 0.15) is 32.1 Å². The molecule has 0 aromatic rings. The molecule has 1 saturated carbocycles. The Hall–Kier alpha value is -0.570. The highest BCUT2D eigenvalue weighted by molar-refractivity contribution is 5.79. The van der Waals surface area contributed by atoms with Crippen molar-refractivity contribution in [2.75, 3.05) is 26.2 Å². The average Bonchev–Trinajstić information content (AvgIpc) is 2.13. The van der Waals surface area contributed by atoms with E-state index in [9.17, 15) is 4.79 Å². The molecule has 2 saturated heterocycles. The van der Waals surface area contributed by atoms with Crippen molar-refractivity contribution in [2.45, 2.75) is 32.1 Å². The Bertz CT molecular complexity index is 269. The molecule has 3 rings (SSSR count). The first-order valence-electron chi connectivity index (χ1n) is 6.29. The van der Waals surface area contributed by atoms with E-state index in [-0.39, 0.29) is 0 Å². The van der Waals surface area contributed by atoms with Crippen molar-refractivity contribution >= 4 is 5.91 Å². The molecule has 1 amide bonds. The number of hydrogen-bond acceptors (Lipinski definition) is 2. The summed E-state index contributed by atoms with van der Waals surface area (Å²) in [5.41, 5.74) is 0.456. The summed E-state index contributed by atoms with van der Waals surface area (Å²) >= 11 is 0. The second-order valence-corrected chi connectivity index (χ2v) is 5.59. The summed E-state index contributed by atoms with van der Waals surface area (Å²) in [5.74, 6) is 0.834. The summed E-state index contributed by atoms with van der Waals surface area (Å²) in [7, 11) is 0. The monoisotopic (exact) mass is 208 g/mol. The highest BCUT2D eigenvalue weighted by atomic mass is 16.2. The molecule has 0 aromatic carbocycles. The van der Waals surface area contributed by atoms with Crippen LogP contribution in [0.3, 0.4) is 0 Å². The lowest BCUT2D eigenvalue weighted by atomic mass is 9.74. The molecule has 0 aromatic heterocycles. The molecule has 84 valence electrons. The molecule has 0 atom stereocenters. The molecular weight excluding hydrogens is 188 g/mol. The van der Waals surface area contributed by atoms with Gasteiger partial charge >= 0.3 is 0 Å². The predicted molar refractivity (Wildman–Crippen MR) is 58.5 cm³/mol.